The van der Waals surface area contributed by atoms with Gasteiger partial charge in [0.05, 0.1) is 0 Å². The number of benzene rings is 1. The highest BCUT2D eigenvalue weighted by Crippen LogP contribution is 2.09. The molecule has 3 rings (SSSR count). The molecule has 7 heteroatoms. The van der Waals surface area contributed by atoms with Gasteiger partial charge in [-0.2, -0.15) is 0 Å². The normalized spacial score (nSPS) is 15.3. The minimum atomic E-state index is 0.843. The summed E-state index contributed by atoms with van der Waals surface area (Å²) in [5.41, 5.74) is 1.39. The van der Waals surface area contributed by atoms with Gasteiger partial charge >= 0.3 is 0 Å². The first-order chi connectivity index (χ1) is 14.3. The molecule has 0 spiro atoms. The van der Waals surface area contributed by atoms with E-state index in [1.807, 2.05) is 25.5 Å². The predicted molar refractivity (Wildman–Crippen MR) is 119 cm³/mol. The van der Waals surface area contributed by atoms with Crippen LogP contribution in [-0.2, 0) is 6.42 Å². The Morgan fingerprint density at radius 3 is 2.31 bits per heavy atom. The Labute approximate surface area is 174 Å². The van der Waals surface area contributed by atoms with Crippen molar-refractivity contribution >= 4 is 11.9 Å². The van der Waals surface area contributed by atoms with Crippen molar-refractivity contribution in [2.24, 2.45) is 4.99 Å². The van der Waals surface area contributed by atoms with Gasteiger partial charge in [0.1, 0.15) is 0 Å². The lowest BCUT2D eigenvalue weighted by Crippen LogP contribution is -2.47. The van der Waals surface area contributed by atoms with E-state index in [4.69, 9.17) is 0 Å². The van der Waals surface area contributed by atoms with Gasteiger partial charge in [0.2, 0.25) is 5.95 Å². The van der Waals surface area contributed by atoms with Crippen molar-refractivity contribution in [3.63, 3.8) is 0 Å². The van der Waals surface area contributed by atoms with E-state index >= 15 is 0 Å². The van der Waals surface area contributed by atoms with Gasteiger partial charge in [-0.15, -0.1) is 0 Å². The van der Waals surface area contributed by atoms with Crippen molar-refractivity contribution < 1.29 is 0 Å². The summed E-state index contributed by atoms with van der Waals surface area (Å²) < 4.78 is 0. The highest BCUT2D eigenvalue weighted by molar-refractivity contribution is 5.79. The maximum Gasteiger partial charge on any atom is 0.225 e. The van der Waals surface area contributed by atoms with Crippen LogP contribution in [0.2, 0.25) is 0 Å². The lowest BCUT2D eigenvalue weighted by Gasteiger charge is -2.34. The summed E-state index contributed by atoms with van der Waals surface area (Å²) in [6.45, 7) is 7.06. The maximum absolute atomic E-state index is 4.35. The summed E-state index contributed by atoms with van der Waals surface area (Å²) in [5, 5.41) is 6.83. The molecule has 1 aliphatic rings. The van der Waals surface area contributed by atoms with Gasteiger partial charge in [0.15, 0.2) is 5.96 Å². The zero-order chi connectivity index (χ0) is 20.2. The topological polar surface area (TPSA) is 68.7 Å². The number of aromatic nitrogens is 2. The van der Waals surface area contributed by atoms with Gasteiger partial charge in [0, 0.05) is 58.7 Å². The zero-order valence-corrected chi connectivity index (χ0v) is 17.4. The molecular formula is C22H33N7. The molecule has 1 fully saturated rings. The first-order valence-electron chi connectivity index (χ1n) is 10.6. The number of hydrogen-bond donors (Lipinski definition) is 2. The summed E-state index contributed by atoms with van der Waals surface area (Å²) in [6.07, 6.45) is 6.91. The molecule has 0 unspecified atom stereocenters. The number of nitrogens with zero attached hydrogens (tertiary/aromatic N) is 5. The Kier molecular flexibility index (Phi) is 8.72. The predicted octanol–water partition coefficient (Wildman–Crippen LogP) is 1.79. The van der Waals surface area contributed by atoms with Crippen molar-refractivity contribution in [3.8, 4) is 0 Å². The molecular weight excluding hydrogens is 362 g/mol. The summed E-state index contributed by atoms with van der Waals surface area (Å²) in [4.78, 5) is 17.8. The third-order valence-electron chi connectivity index (χ3n) is 5.15. The van der Waals surface area contributed by atoms with Crippen molar-refractivity contribution in [2.75, 3.05) is 57.8 Å². The average molecular weight is 396 g/mol. The monoisotopic (exact) mass is 395 g/mol. The van der Waals surface area contributed by atoms with Gasteiger partial charge in [-0.05, 0) is 37.4 Å². The fraction of sp³-hybridized carbons (Fsp3) is 0.500. The molecule has 156 valence electrons. The number of aliphatic imine (C=N–C) groups is 1. The molecule has 0 amide bonds. The van der Waals surface area contributed by atoms with Crippen molar-refractivity contribution in [3.05, 3.63) is 54.4 Å². The SMILES string of the molecule is CN=C(NCCCc1ccccc1)NCCCN1CCN(c2ncccn2)CC1. The lowest BCUT2D eigenvalue weighted by atomic mass is 10.1. The molecule has 1 aromatic carbocycles. The number of aryl methyl sites for hydroxylation is 1. The van der Waals surface area contributed by atoms with Gasteiger partial charge < -0.3 is 15.5 Å². The minimum Gasteiger partial charge on any atom is -0.356 e. The van der Waals surface area contributed by atoms with Crippen LogP contribution in [0.3, 0.4) is 0 Å². The van der Waals surface area contributed by atoms with Crippen molar-refractivity contribution in [2.45, 2.75) is 19.3 Å². The molecule has 0 aliphatic carbocycles. The number of guanidine groups is 1. The number of rotatable bonds is 9. The number of hydrogen-bond acceptors (Lipinski definition) is 5. The van der Waals surface area contributed by atoms with E-state index in [2.05, 4.69) is 65.7 Å². The maximum atomic E-state index is 4.35. The summed E-state index contributed by atoms with van der Waals surface area (Å²) in [7, 11) is 1.83. The van der Waals surface area contributed by atoms with Gasteiger partial charge in [-0.1, -0.05) is 30.3 Å². The largest absolute Gasteiger partial charge is 0.356 e. The fourth-order valence-electron chi connectivity index (χ4n) is 3.50. The quantitative estimate of drug-likeness (QED) is 0.383. The molecule has 2 N–H and O–H groups in total. The van der Waals surface area contributed by atoms with E-state index in [1.54, 1.807) is 0 Å². The Morgan fingerprint density at radius 1 is 0.931 bits per heavy atom. The van der Waals surface area contributed by atoms with Crippen LogP contribution < -0.4 is 15.5 Å². The zero-order valence-electron chi connectivity index (χ0n) is 17.4. The molecule has 1 aromatic heterocycles. The van der Waals surface area contributed by atoms with Crippen LogP contribution in [-0.4, -0.2) is 73.7 Å². The fourth-order valence-corrected chi connectivity index (χ4v) is 3.50. The standard InChI is InChI=1S/C22H33N7/c1-23-21(24-11-5-10-20-8-3-2-4-9-20)25-14-7-15-28-16-18-29(19-17-28)22-26-12-6-13-27-22/h2-4,6,8-9,12-13H,5,7,10-11,14-19H2,1H3,(H2,23,24,25). The second kappa shape index (κ2) is 12.0. The Balaban J connectivity index is 1.24. The molecule has 1 saturated heterocycles. The van der Waals surface area contributed by atoms with Gasteiger partial charge in [-0.25, -0.2) is 9.97 Å². The van der Waals surface area contributed by atoms with E-state index in [0.29, 0.717) is 0 Å². The van der Waals surface area contributed by atoms with Crippen LogP contribution in [0.1, 0.15) is 18.4 Å². The van der Waals surface area contributed by atoms with Crippen LogP contribution in [0, 0.1) is 0 Å². The van der Waals surface area contributed by atoms with Crippen LogP contribution >= 0.6 is 0 Å². The van der Waals surface area contributed by atoms with Crippen molar-refractivity contribution in [1.29, 1.82) is 0 Å². The molecule has 0 atom stereocenters. The summed E-state index contributed by atoms with van der Waals surface area (Å²) in [6, 6.07) is 12.5. The molecule has 29 heavy (non-hydrogen) atoms. The number of anilines is 1. The van der Waals surface area contributed by atoms with Gasteiger partial charge in [0.25, 0.3) is 0 Å². The van der Waals surface area contributed by atoms with E-state index < -0.39 is 0 Å². The minimum absolute atomic E-state index is 0.843. The molecule has 0 radical (unpaired) electrons. The number of piperazine rings is 1. The second-order valence-electron chi connectivity index (χ2n) is 7.25. The molecule has 1 aliphatic heterocycles. The first-order valence-corrected chi connectivity index (χ1v) is 10.6. The van der Waals surface area contributed by atoms with Crippen molar-refractivity contribution in [1.82, 2.24) is 25.5 Å². The van der Waals surface area contributed by atoms with Gasteiger partial charge in [-0.3, -0.25) is 9.89 Å². The third kappa shape index (κ3) is 7.34. The Morgan fingerprint density at radius 2 is 1.62 bits per heavy atom. The molecule has 2 heterocycles. The average Bonchev–Trinajstić information content (AvgIpc) is 2.79. The first kappa shape index (κ1) is 21.0. The number of nitrogens with one attached hydrogen (secondary N) is 2. The highest BCUT2D eigenvalue weighted by atomic mass is 15.3. The molecule has 0 saturated carbocycles. The lowest BCUT2D eigenvalue weighted by molar-refractivity contribution is 0.254. The van der Waals surface area contributed by atoms with Crippen LogP contribution in [0.5, 0.6) is 0 Å². The van der Waals surface area contributed by atoms with E-state index in [-0.39, 0.29) is 0 Å². The van der Waals surface area contributed by atoms with Crippen LogP contribution in [0.4, 0.5) is 5.95 Å². The molecule has 7 nitrogen and oxygen atoms in total. The second-order valence-corrected chi connectivity index (χ2v) is 7.25. The van der Waals surface area contributed by atoms with E-state index in [0.717, 1.165) is 77.0 Å². The third-order valence-corrected chi connectivity index (χ3v) is 5.15. The Bertz CT molecular complexity index is 712. The van der Waals surface area contributed by atoms with E-state index in [1.165, 1.54) is 5.56 Å². The summed E-state index contributed by atoms with van der Waals surface area (Å²) in [5.74, 6) is 1.74. The van der Waals surface area contributed by atoms with Crippen LogP contribution in [0.25, 0.3) is 0 Å². The Hall–Kier alpha value is -2.67. The van der Waals surface area contributed by atoms with E-state index in [9.17, 15) is 0 Å². The highest BCUT2D eigenvalue weighted by Gasteiger charge is 2.18. The molecule has 2 aromatic rings. The molecule has 0 bridgehead atoms. The van der Waals surface area contributed by atoms with Crippen LogP contribution in [0.15, 0.2) is 53.8 Å². The smallest absolute Gasteiger partial charge is 0.225 e. The summed E-state index contributed by atoms with van der Waals surface area (Å²) >= 11 is 0.